The highest BCUT2D eigenvalue weighted by Crippen LogP contribution is 2.19. The molecular weight excluding hydrogens is 190 g/mol. The minimum absolute atomic E-state index is 0.361. The second-order valence-electron chi connectivity index (χ2n) is 3.89. The summed E-state index contributed by atoms with van der Waals surface area (Å²) in [5.41, 5.74) is 2.77. The molecule has 0 amide bonds. The van der Waals surface area contributed by atoms with Crippen LogP contribution in [0.5, 0.6) is 0 Å². The quantitative estimate of drug-likeness (QED) is 0.763. The number of nitrogens with zero attached hydrogens (tertiary/aromatic N) is 1. The number of carbonyl (C=O) groups is 1. The Bertz CT molecular complexity index is 347. The van der Waals surface area contributed by atoms with E-state index in [9.17, 15) is 9.90 Å². The molecule has 1 atom stereocenters. The third kappa shape index (κ3) is 3.06. The molecule has 0 radical (unpaired) electrons. The number of benzene rings is 1. The number of anilines is 1. The Morgan fingerprint density at radius 2 is 2.20 bits per heavy atom. The molecule has 1 aromatic rings. The Labute approximate surface area is 90.3 Å². The van der Waals surface area contributed by atoms with E-state index in [0.717, 1.165) is 17.5 Å². The van der Waals surface area contributed by atoms with E-state index in [0.29, 0.717) is 12.1 Å². The van der Waals surface area contributed by atoms with Crippen molar-refractivity contribution in [3.63, 3.8) is 0 Å². The highest BCUT2D eigenvalue weighted by atomic mass is 16.3. The number of aldehydes is 1. The molecule has 0 bridgehead atoms. The maximum absolute atomic E-state index is 10.6. The molecule has 3 nitrogen and oxygen atoms in total. The van der Waals surface area contributed by atoms with Crippen LogP contribution in [-0.2, 0) is 0 Å². The van der Waals surface area contributed by atoms with Crippen LogP contribution in [0.4, 0.5) is 5.69 Å². The van der Waals surface area contributed by atoms with Gasteiger partial charge in [-0.15, -0.1) is 0 Å². The predicted octanol–water partition coefficient (Wildman–Crippen LogP) is 1.62. The lowest BCUT2D eigenvalue weighted by molar-refractivity contribution is 0.112. The van der Waals surface area contributed by atoms with Gasteiger partial charge in [0.05, 0.1) is 6.10 Å². The van der Waals surface area contributed by atoms with Gasteiger partial charge in [-0.25, -0.2) is 0 Å². The SMILES string of the molecule is Cc1cc(C=O)ccc1N(C)CC(C)O. The van der Waals surface area contributed by atoms with E-state index in [4.69, 9.17) is 0 Å². The maximum atomic E-state index is 10.6. The predicted molar refractivity (Wildman–Crippen MR) is 61.5 cm³/mol. The van der Waals surface area contributed by atoms with Crippen molar-refractivity contribution < 1.29 is 9.90 Å². The average molecular weight is 207 g/mol. The molecule has 0 aliphatic rings. The van der Waals surface area contributed by atoms with Crippen LogP contribution in [0.2, 0.25) is 0 Å². The van der Waals surface area contributed by atoms with E-state index < -0.39 is 0 Å². The number of likely N-dealkylation sites (N-methyl/N-ethyl adjacent to an activating group) is 1. The molecule has 1 rings (SSSR count). The zero-order valence-corrected chi connectivity index (χ0v) is 9.40. The summed E-state index contributed by atoms with van der Waals surface area (Å²) in [5, 5.41) is 9.28. The van der Waals surface area contributed by atoms with Gasteiger partial charge in [0, 0.05) is 24.8 Å². The smallest absolute Gasteiger partial charge is 0.150 e. The van der Waals surface area contributed by atoms with Gasteiger partial charge in [-0.1, -0.05) is 0 Å². The fourth-order valence-electron chi connectivity index (χ4n) is 1.67. The Hall–Kier alpha value is -1.35. The van der Waals surface area contributed by atoms with Gasteiger partial charge >= 0.3 is 0 Å². The van der Waals surface area contributed by atoms with Gasteiger partial charge in [0.1, 0.15) is 6.29 Å². The summed E-state index contributed by atoms with van der Waals surface area (Å²) in [5.74, 6) is 0. The number of aliphatic hydroxyl groups is 1. The van der Waals surface area contributed by atoms with E-state index in [1.54, 1.807) is 13.0 Å². The molecule has 0 aliphatic heterocycles. The van der Waals surface area contributed by atoms with Crippen molar-refractivity contribution in [2.24, 2.45) is 0 Å². The van der Waals surface area contributed by atoms with Crippen LogP contribution in [0.15, 0.2) is 18.2 Å². The molecule has 0 saturated carbocycles. The van der Waals surface area contributed by atoms with Crippen molar-refractivity contribution in [3.8, 4) is 0 Å². The highest BCUT2D eigenvalue weighted by molar-refractivity contribution is 5.76. The third-order valence-electron chi connectivity index (χ3n) is 2.31. The first-order valence-electron chi connectivity index (χ1n) is 4.99. The Kier molecular flexibility index (Phi) is 3.86. The minimum atomic E-state index is -0.361. The first-order valence-corrected chi connectivity index (χ1v) is 4.99. The Morgan fingerprint density at radius 1 is 1.53 bits per heavy atom. The molecule has 0 aromatic heterocycles. The molecular formula is C12H17NO2. The summed E-state index contributed by atoms with van der Waals surface area (Å²) >= 11 is 0. The van der Waals surface area contributed by atoms with Gasteiger partial charge in [0.2, 0.25) is 0 Å². The molecule has 0 heterocycles. The normalized spacial score (nSPS) is 12.3. The van der Waals surface area contributed by atoms with Crippen LogP contribution in [0.3, 0.4) is 0 Å². The average Bonchev–Trinajstić information content (AvgIpc) is 2.16. The summed E-state index contributed by atoms with van der Waals surface area (Å²) in [6.45, 7) is 4.30. The van der Waals surface area contributed by atoms with Crippen LogP contribution in [0.1, 0.15) is 22.8 Å². The van der Waals surface area contributed by atoms with Crippen molar-refractivity contribution in [1.82, 2.24) is 0 Å². The summed E-state index contributed by atoms with van der Waals surface area (Å²) < 4.78 is 0. The summed E-state index contributed by atoms with van der Waals surface area (Å²) in [7, 11) is 1.93. The lowest BCUT2D eigenvalue weighted by atomic mass is 10.1. The van der Waals surface area contributed by atoms with Gasteiger partial charge in [-0.2, -0.15) is 0 Å². The van der Waals surface area contributed by atoms with Gasteiger partial charge in [0.25, 0.3) is 0 Å². The van der Waals surface area contributed by atoms with Crippen molar-refractivity contribution in [2.45, 2.75) is 20.0 Å². The highest BCUT2D eigenvalue weighted by Gasteiger charge is 2.07. The standard InChI is InChI=1S/C12H17NO2/c1-9-6-11(8-14)4-5-12(9)13(3)7-10(2)15/h4-6,8,10,15H,7H2,1-3H3. The van der Waals surface area contributed by atoms with E-state index >= 15 is 0 Å². The Morgan fingerprint density at radius 3 is 2.67 bits per heavy atom. The number of rotatable bonds is 4. The van der Waals surface area contributed by atoms with E-state index in [1.807, 2.05) is 31.0 Å². The number of hydrogen-bond donors (Lipinski definition) is 1. The first-order chi connectivity index (χ1) is 7.04. The second kappa shape index (κ2) is 4.94. The number of aryl methyl sites for hydroxylation is 1. The number of hydrogen-bond acceptors (Lipinski definition) is 3. The lowest BCUT2D eigenvalue weighted by Crippen LogP contribution is -2.27. The zero-order valence-electron chi connectivity index (χ0n) is 9.40. The molecule has 82 valence electrons. The van der Waals surface area contributed by atoms with Crippen LogP contribution >= 0.6 is 0 Å². The van der Waals surface area contributed by atoms with Crippen LogP contribution < -0.4 is 4.90 Å². The third-order valence-corrected chi connectivity index (χ3v) is 2.31. The molecule has 3 heteroatoms. The Balaban J connectivity index is 2.90. The van der Waals surface area contributed by atoms with Crippen LogP contribution in [0.25, 0.3) is 0 Å². The summed E-state index contributed by atoms with van der Waals surface area (Å²) in [6.07, 6.45) is 0.478. The molecule has 0 aliphatic carbocycles. The largest absolute Gasteiger partial charge is 0.392 e. The summed E-state index contributed by atoms with van der Waals surface area (Å²) in [4.78, 5) is 12.5. The van der Waals surface area contributed by atoms with E-state index in [2.05, 4.69) is 0 Å². The zero-order chi connectivity index (χ0) is 11.4. The van der Waals surface area contributed by atoms with E-state index in [1.165, 1.54) is 0 Å². The number of carbonyl (C=O) groups excluding carboxylic acids is 1. The fourth-order valence-corrected chi connectivity index (χ4v) is 1.67. The van der Waals surface area contributed by atoms with Crippen LogP contribution in [0, 0.1) is 6.92 Å². The maximum Gasteiger partial charge on any atom is 0.150 e. The fraction of sp³-hybridized carbons (Fsp3) is 0.417. The molecule has 0 saturated heterocycles. The second-order valence-corrected chi connectivity index (χ2v) is 3.89. The molecule has 1 unspecified atom stereocenters. The van der Waals surface area contributed by atoms with Crippen molar-refractivity contribution >= 4 is 12.0 Å². The van der Waals surface area contributed by atoms with Gasteiger partial charge < -0.3 is 10.0 Å². The molecule has 0 spiro atoms. The minimum Gasteiger partial charge on any atom is -0.392 e. The van der Waals surface area contributed by atoms with Crippen molar-refractivity contribution in [1.29, 1.82) is 0 Å². The first kappa shape index (κ1) is 11.7. The molecule has 15 heavy (non-hydrogen) atoms. The van der Waals surface area contributed by atoms with Gasteiger partial charge in [-0.05, 0) is 37.6 Å². The van der Waals surface area contributed by atoms with Crippen LogP contribution in [-0.4, -0.2) is 31.1 Å². The molecule has 1 aromatic carbocycles. The van der Waals surface area contributed by atoms with Crippen molar-refractivity contribution in [3.05, 3.63) is 29.3 Å². The monoisotopic (exact) mass is 207 g/mol. The van der Waals surface area contributed by atoms with E-state index in [-0.39, 0.29) is 6.10 Å². The number of aliphatic hydroxyl groups excluding tert-OH is 1. The topological polar surface area (TPSA) is 40.5 Å². The van der Waals surface area contributed by atoms with Crippen molar-refractivity contribution in [2.75, 3.05) is 18.5 Å². The van der Waals surface area contributed by atoms with Gasteiger partial charge in [-0.3, -0.25) is 4.79 Å². The molecule has 1 N–H and O–H groups in total. The van der Waals surface area contributed by atoms with Gasteiger partial charge in [0.15, 0.2) is 0 Å². The lowest BCUT2D eigenvalue weighted by Gasteiger charge is -2.22. The summed E-state index contributed by atoms with van der Waals surface area (Å²) in [6, 6.07) is 5.54. The molecule has 0 fully saturated rings.